The van der Waals surface area contributed by atoms with Crippen LogP contribution in [0.4, 0.5) is 0 Å². The van der Waals surface area contributed by atoms with Crippen LogP contribution in [-0.2, 0) is 17.0 Å². The lowest BCUT2D eigenvalue weighted by Gasteiger charge is -2.14. The van der Waals surface area contributed by atoms with Gasteiger partial charge in [-0.25, -0.2) is 0 Å². The number of methoxy groups -OCH3 is 1. The van der Waals surface area contributed by atoms with Crippen LogP contribution in [0.25, 0.3) is 22.8 Å². The summed E-state index contributed by atoms with van der Waals surface area (Å²) in [6.45, 7) is 1.51. The number of hydrogen-bond donors (Lipinski definition) is 0. The van der Waals surface area contributed by atoms with Crippen molar-refractivity contribution in [3.63, 3.8) is 0 Å². The van der Waals surface area contributed by atoms with Crippen molar-refractivity contribution in [2.24, 2.45) is 0 Å². The predicted octanol–water partition coefficient (Wildman–Crippen LogP) is 4.48. The van der Waals surface area contributed by atoms with Crippen molar-refractivity contribution in [1.29, 1.82) is 0 Å². The highest BCUT2D eigenvalue weighted by Gasteiger charge is 2.22. The molecule has 5 rings (SSSR count). The van der Waals surface area contributed by atoms with Gasteiger partial charge in [-0.1, -0.05) is 35.1 Å². The molecule has 0 spiro atoms. The van der Waals surface area contributed by atoms with E-state index in [1.165, 1.54) is 11.8 Å². The summed E-state index contributed by atoms with van der Waals surface area (Å²) in [4.78, 5) is 4.52. The summed E-state index contributed by atoms with van der Waals surface area (Å²) in [5, 5.41) is 13.9. The quantitative estimate of drug-likeness (QED) is 0.364. The second kappa shape index (κ2) is 9.54. The summed E-state index contributed by atoms with van der Waals surface area (Å²) in [5.41, 5.74) is 1.88. The van der Waals surface area contributed by atoms with E-state index >= 15 is 0 Å². The molecule has 1 atom stereocenters. The van der Waals surface area contributed by atoms with Gasteiger partial charge >= 0.3 is 0 Å². The molecule has 1 aliphatic heterocycles. The Balaban J connectivity index is 1.37. The first kappa shape index (κ1) is 20.7. The number of hydrogen-bond acceptors (Lipinski definition) is 8. The average Bonchev–Trinajstić information content (AvgIpc) is 3.61. The number of benzene rings is 2. The van der Waals surface area contributed by atoms with E-state index in [0.29, 0.717) is 24.0 Å². The molecule has 0 saturated carbocycles. The molecule has 4 aromatic rings. The van der Waals surface area contributed by atoms with E-state index in [1.54, 1.807) is 7.11 Å². The number of thioether (sulfide) groups is 1. The first-order chi connectivity index (χ1) is 15.8. The standard InChI is InChI=1S/C23H23N5O3S/c1-29-18-11-9-16(10-12-18)21-25-26-23(28(21)14-19-8-5-13-30-19)32-15-20-24-22(31-27-20)17-6-3-2-4-7-17/h2-4,6-7,9-12,19H,5,8,13-15H2,1H3. The van der Waals surface area contributed by atoms with E-state index in [-0.39, 0.29) is 6.10 Å². The van der Waals surface area contributed by atoms with Crippen molar-refractivity contribution in [3.05, 3.63) is 60.4 Å². The zero-order chi connectivity index (χ0) is 21.8. The normalized spacial score (nSPS) is 15.8. The zero-order valence-electron chi connectivity index (χ0n) is 17.7. The molecule has 1 unspecified atom stereocenters. The van der Waals surface area contributed by atoms with Gasteiger partial charge in [0.25, 0.3) is 5.89 Å². The summed E-state index contributed by atoms with van der Waals surface area (Å²) < 4.78 is 18.7. The fourth-order valence-corrected chi connectivity index (χ4v) is 4.44. The maximum atomic E-state index is 5.88. The minimum Gasteiger partial charge on any atom is -0.497 e. The molecular weight excluding hydrogens is 426 g/mol. The van der Waals surface area contributed by atoms with E-state index in [1.807, 2.05) is 54.6 Å². The van der Waals surface area contributed by atoms with Crippen LogP contribution in [0.5, 0.6) is 5.75 Å². The molecule has 9 heteroatoms. The van der Waals surface area contributed by atoms with E-state index < -0.39 is 0 Å². The van der Waals surface area contributed by atoms with Gasteiger partial charge in [-0.15, -0.1) is 10.2 Å². The third kappa shape index (κ3) is 4.53. The molecule has 0 bridgehead atoms. The Morgan fingerprint density at radius 1 is 1.06 bits per heavy atom. The van der Waals surface area contributed by atoms with E-state index in [9.17, 15) is 0 Å². The monoisotopic (exact) mass is 449 g/mol. The Labute approximate surface area is 190 Å². The molecular formula is C23H23N5O3S. The van der Waals surface area contributed by atoms with Crippen LogP contribution in [0, 0.1) is 0 Å². The largest absolute Gasteiger partial charge is 0.497 e. The van der Waals surface area contributed by atoms with Gasteiger partial charge in [0.15, 0.2) is 16.8 Å². The van der Waals surface area contributed by atoms with E-state index in [2.05, 4.69) is 24.9 Å². The van der Waals surface area contributed by atoms with Crippen LogP contribution in [0.2, 0.25) is 0 Å². The van der Waals surface area contributed by atoms with Crippen LogP contribution < -0.4 is 4.74 Å². The van der Waals surface area contributed by atoms with Crippen molar-refractivity contribution in [2.45, 2.75) is 36.4 Å². The summed E-state index contributed by atoms with van der Waals surface area (Å²) in [5.74, 6) is 3.28. The molecule has 1 saturated heterocycles. The van der Waals surface area contributed by atoms with E-state index in [0.717, 1.165) is 47.3 Å². The maximum Gasteiger partial charge on any atom is 0.257 e. The molecule has 0 radical (unpaired) electrons. The number of rotatable bonds is 8. The number of aromatic nitrogens is 5. The summed E-state index contributed by atoms with van der Waals surface area (Å²) >= 11 is 1.54. The summed E-state index contributed by atoms with van der Waals surface area (Å²) in [7, 11) is 1.66. The van der Waals surface area contributed by atoms with Crippen LogP contribution >= 0.6 is 11.8 Å². The van der Waals surface area contributed by atoms with Crippen LogP contribution in [-0.4, -0.2) is 44.7 Å². The molecule has 0 amide bonds. The molecule has 1 fully saturated rings. The minimum absolute atomic E-state index is 0.164. The van der Waals surface area contributed by atoms with Crippen molar-refractivity contribution >= 4 is 11.8 Å². The first-order valence-electron chi connectivity index (χ1n) is 10.5. The highest BCUT2D eigenvalue weighted by molar-refractivity contribution is 7.98. The minimum atomic E-state index is 0.164. The van der Waals surface area contributed by atoms with Gasteiger partial charge in [-0.3, -0.25) is 4.57 Å². The molecule has 0 N–H and O–H groups in total. The van der Waals surface area contributed by atoms with Gasteiger partial charge in [0.2, 0.25) is 0 Å². The fraction of sp³-hybridized carbons (Fsp3) is 0.304. The van der Waals surface area contributed by atoms with Gasteiger partial charge in [0, 0.05) is 17.7 Å². The second-order valence-corrected chi connectivity index (χ2v) is 8.39. The number of ether oxygens (including phenoxy) is 2. The van der Waals surface area contributed by atoms with Crippen LogP contribution in [0.15, 0.2) is 64.3 Å². The lowest BCUT2D eigenvalue weighted by atomic mass is 10.2. The third-order valence-electron chi connectivity index (χ3n) is 5.29. The zero-order valence-corrected chi connectivity index (χ0v) is 18.5. The highest BCUT2D eigenvalue weighted by atomic mass is 32.2. The molecule has 32 heavy (non-hydrogen) atoms. The summed E-state index contributed by atoms with van der Waals surface area (Å²) in [6, 6.07) is 17.6. The third-order valence-corrected chi connectivity index (χ3v) is 6.26. The Kier molecular flexibility index (Phi) is 6.17. The van der Waals surface area contributed by atoms with Gasteiger partial charge in [-0.05, 0) is 49.2 Å². The Bertz CT molecular complexity index is 1150. The maximum absolute atomic E-state index is 5.88. The van der Waals surface area contributed by atoms with Crippen LogP contribution in [0.1, 0.15) is 18.7 Å². The number of nitrogens with zero attached hydrogens (tertiary/aromatic N) is 5. The molecule has 0 aliphatic carbocycles. The lowest BCUT2D eigenvalue weighted by Crippen LogP contribution is -2.16. The Morgan fingerprint density at radius 3 is 2.66 bits per heavy atom. The molecule has 1 aliphatic rings. The van der Waals surface area contributed by atoms with Gasteiger partial charge in [-0.2, -0.15) is 4.98 Å². The first-order valence-corrected chi connectivity index (χ1v) is 11.5. The molecule has 164 valence electrons. The predicted molar refractivity (Wildman–Crippen MR) is 120 cm³/mol. The molecule has 8 nitrogen and oxygen atoms in total. The SMILES string of the molecule is COc1ccc(-c2nnc(SCc3noc(-c4ccccc4)n3)n2CC2CCCO2)cc1. The van der Waals surface area contributed by atoms with Crippen LogP contribution in [0.3, 0.4) is 0 Å². The lowest BCUT2D eigenvalue weighted by molar-refractivity contribution is 0.0953. The van der Waals surface area contributed by atoms with E-state index in [4.69, 9.17) is 14.0 Å². The van der Waals surface area contributed by atoms with Gasteiger partial charge in [0.1, 0.15) is 5.75 Å². The van der Waals surface area contributed by atoms with Crippen molar-refractivity contribution in [2.75, 3.05) is 13.7 Å². The Morgan fingerprint density at radius 2 is 1.91 bits per heavy atom. The fourth-order valence-electron chi connectivity index (χ4n) is 3.65. The van der Waals surface area contributed by atoms with Gasteiger partial charge in [0.05, 0.1) is 25.5 Å². The smallest absolute Gasteiger partial charge is 0.257 e. The molecule has 3 heterocycles. The van der Waals surface area contributed by atoms with Crippen molar-refractivity contribution in [1.82, 2.24) is 24.9 Å². The molecule has 2 aromatic carbocycles. The highest BCUT2D eigenvalue weighted by Crippen LogP contribution is 2.29. The summed E-state index contributed by atoms with van der Waals surface area (Å²) in [6.07, 6.45) is 2.28. The second-order valence-electron chi connectivity index (χ2n) is 7.45. The Hall–Kier alpha value is -3.17. The van der Waals surface area contributed by atoms with Crippen molar-refractivity contribution < 1.29 is 14.0 Å². The topological polar surface area (TPSA) is 88.1 Å². The molecule has 2 aromatic heterocycles. The average molecular weight is 450 g/mol. The van der Waals surface area contributed by atoms with Gasteiger partial charge < -0.3 is 14.0 Å². The van der Waals surface area contributed by atoms with Crippen molar-refractivity contribution in [3.8, 4) is 28.6 Å².